The first-order valence-electron chi connectivity index (χ1n) is 10.9. The normalized spacial score (nSPS) is 10.7. The zero-order valence-corrected chi connectivity index (χ0v) is 17.8. The van der Waals surface area contributed by atoms with Crippen molar-refractivity contribution in [2.75, 3.05) is 11.4 Å². The van der Waals surface area contributed by atoms with E-state index in [9.17, 15) is 4.79 Å². The molecule has 0 atom stereocenters. The fourth-order valence-electron chi connectivity index (χ4n) is 3.57. The molecule has 3 rings (SSSR count). The summed E-state index contributed by atoms with van der Waals surface area (Å²) in [5.41, 5.74) is 4.67. The highest BCUT2D eigenvalue weighted by molar-refractivity contribution is 5.93. The second kappa shape index (κ2) is 11.9. The fraction of sp³-hybridized carbons (Fsp3) is 0.346. The Balaban J connectivity index is 1.50. The smallest absolute Gasteiger partial charge is 0.226 e. The quantitative estimate of drug-likeness (QED) is 0.396. The van der Waals surface area contributed by atoms with Crippen LogP contribution in [-0.4, -0.2) is 22.4 Å². The van der Waals surface area contributed by atoms with Crippen LogP contribution in [0.3, 0.4) is 0 Å². The number of anilines is 1. The number of hydrogen-bond acceptors (Lipinski definition) is 3. The van der Waals surface area contributed by atoms with E-state index in [4.69, 9.17) is 0 Å². The van der Waals surface area contributed by atoms with Crippen LogP contribution in [0.25, 0.3) is 0 Å². The van der Waals surface area contributed by atoms with Crippen LogP contribution in [0.5, 0.6) is 0 Å². The summed E-state index contributed by atoms with van der Waals surface area (Å²) in [6.45, 7) is 2.84. The van der Waals surface area contributed by atoms with Gasteiger partial charge in [-0.3, -0.25) is 14.8 Å². The Kier molecular flexibility index (Phi) is 8.58. The van der Waals surface area contributed by atoms with E-state index >= 15 is 0 Å². The molecule has 156 valence electrons. The van der Waals surface area contributed by atoms with Crippen molar-refractivity contribution in [1.82, 2.24) is 9.97 Å². The lowest BCUT2D eigenvalue weighted by atomic mass is 10.1. The lowest BCUT2D eigenvalue weighted by Crippen LogP contribution is -2.31. The summed E-state index contributed by atoms with van der Waals surface area (Å²) in [5, 5.41) is 0. The molecule has 0 aliphatic heterocycles. The highest BCUT2D eigenvalue weighted by Crippen LogP contribution is 2.19. The van der Waals surface area contributed by atoms with Gasteiger partial charge in [0.2, 0.25) is 5.91 Å². The highest BCUT2D eigenvalue weighted by Gasteiger charge is 2.15. The monoisotopic (exact) mass is 401 g/mol. The lowest BCUT2D eigenvalue weighted by Gasteiger charge is -2.23. The van der Waals surface area contributed by atoms with Crippen LogP contribution in [0.15, 0.2) is 73.3 Å². The van der Waals surface area contributed by atoms with Crippen LogP contribution in [0.4, 0.5) is 5.69 Å². The van der Waals surface area contributed by atoms with Crippen molar-refractivity contribution in [3.8, 4) is 0 Å². The number of amides is 1. The van der Waals surface area contributed by atoms with Crippen molar-refractivity contribution in [2.45, 2.75) is 51.9 Å². The first-order chi connectivity index (χ1) is 14.7. The second-order valence-electron chi connectivity index (χ2n) is 7.77. The van der Waals surface area contributed by atoms with E-state index in [1.165, 1.54) is 16.7 Å². The van der Waals surface area contributed by atoms with E-state index in [-0.39, 0.29) is 5.91 Å². The molecule has 0 spiro atoms. The number of unbranched alkanes of at least 4 members (excludes halogenated alkanes) is 2. The molecule has 1 aromatic carbocycles. The van der Waals surface area contributed by atoms with Crippen LogP contribution in [0.2, 0.25) is 0 Å². The third-order valence-corrected chi connectivity index (χ3v) is 5.30. The standard InChI is InChI=1S/C26H31N3O/c1-22-13-15-25(16-14-22)29(19-4-2-3-8-23-10-6-17-27-20-23)26(30)12-5-9-24-11-7-18-28-21-24/h6-7,10-11,13-18,20-21H,2-5,8-9,12,19H2,1H3. The van der Waals surface area contributed by atoms with E-state index in [2.05, 4.69) is 53.3 Å². The van der Waals surface area contributed by atoms with Gasteiger partial charge in [0.1, 0.15) is 0 Å². The van der Waals surface area contributed by atoms with Gasteiger partial charge in [0, 0.05) is 43.4 Å². The molecule has 0 saturated heterocycles. The number of rotatable bonds is 11. The zero-order chi connectivity index (χ0) is 21.0. The SMILES string of the molecule is Cc1ccc(N(CCCCCc2cccnc2)C(=O)CCCc2cccnc2)cc1. The van der Waals surface area contributed by atoms with Gasteiger partial charge in [-0.1, -0.05) is 36.2 Å². The largest absolute Gasteiger partial charge is 0.312 e. The van der Waals surface area contributed by atoms with Crippen LogP contribution in [0, 0.1) is 6.92 Å². The first-order valence-corrected chi connectivity index (χ1v) is 10.9. The van der Waals surface area contributed by atoms with Crippen molar-refractivity contribution >= 4 is 11.6 Å². The first kappa shape index (κ1) is 21.7. The summed E-state index contributed by atoms with van der Waals surface area (Å²) in [7, 11) is 0. The molecule has 4 heteroatoms. The summed E-state index contributed by atoms with van der Waals surface area (Å²) in [4.78, 5) is 23.3. The number of benzene rings is 1. The Labute approximate surface area is 180 Å². The topological polar surface area (TPSA) is 46.1 Å². The number of aromatic nitrogens is 2. The summed E-state index contributed by atoms with van der Waals surface area (Å²) < 4.78 is 0. The summed E-state index contributed by atoms with van der Waals surface area (Å²) >= 11 is 0. The number of hydrogen-bond donors (Lipinski definition) is 0. The molecule has 0 aliphatic carbocycles. The molecule has 0 fully saturated rings. The van der Waals surface area contributed by atoms with Gasteiger partial charge < -0.3 is 4.90 Å². The molecular weight excluding hydrogens is 370 g/mol. The predicted octanol–water partition coefficient (Wildman–Crippen LogP) is 5.55. The van der Waals surface area contributed by atoms with E-state index in [1.807, 2.05) is 35.6 Å². The van der Waals surface area contributed by atoms with Crippen molar-refractivity contribution in [3.63, 3.8) is 0 Å². The molecule has 3 aromatic rings. The average molecular weight is 402 g/mol. The van der Waals surface area contributed by atoms with Crippen molar-refractivity contribution in [3.05, 3.63) is 90.0 Å². The fourth-order valence-corrected chi connectivity index (χ4v) is 3.57. The van der Waals surface area contributed by atoms with E-state index in [0.717, 1.165) is 50.8 Å². The van der Waals surface area contributed by atoms with Crippen LogP contribution >= 0.6 is 0 Å². The Bertz CT molecular complexity index is 879. The number of aryl methyl sites for hydroxylation is 3. The molecule has 0 radical (unpaired) electrons. The molecule has 4 nitrogen and oxygen atoms in total. The molecule has 2 heterocycles. The molecular formula is C26H31N3O. The molecule has 2 aromatic heterocycles. The van der Waals surface area contributed by atoms with Gasteiger partial charge in [-0.15, -0.1) is 0 Å². The van der Waals surface area contributed by atoms with E-state index in [0.29, 0.717) is 6.42 Å². The van der Waals surface area contributed by atoms with Crippen molar-refractivity contribution in [1.29, 1.82) is 0 Å². The number of carbonyl (C=O) groups is 1. The van der Waals surface area contributed by atoms with Crippen molar-refractivity contribution < 1.29 is 4.79 Å². The van der Waals surface area contributed by atoms with Gasteiger partial charge in [0.05, 0.1) is 0 Å². The maximum atomic E-state index is 13.0. The minimum Gasteiger partial charge on any atom is -0.312 e. The predicted molar refractivity (Wildman–Crippen MR) is 122 cm³/mol. The van der Waals surface area contributed by atoms with Crippen LogP contribution < -0.4 is 4.90 Å². The van der Waals surface area contributed by atoms with Gasteiger partial charge >= 0.3 is 0 Å². The van der Waals surface area contributed by atoms with Gasteiger partial charge in [-0.25, -0.2) is 0 Å². The van der Waals surface area contributed by atoms with Gasteiger partial charge in [0.15, 0.2) is 0 Å². The minimum absolute atomic E-state index is 0.204. The maximum absolute atomic E-state index is 13.0. The molecule has 30 heavy (non-hydrogen) atoms. The Hall–Kier alpha value is -3.01. The molecule has 0 saturated carbocycles. The molecule has 0 aliphatic rings. The minimum atomic E-state index is 0.204. The summed E-state index contributed by atoms with van der Waals surface area (Å²) in [6.07, 6.45) is 13.9. The number of pyridine rings is 2. The van der Waals surface area contributed by atoms with Crippen molar-refractivity contribution in [2.24, 2.45) is 0 Å². The number of nitrogens with zero attached hydrogens (tertiary/aromatic N) is 3. The maximum Gasteiger partial charge on any atom is 0.226 e. The van der Waals surface area contributed by atoms with Gasteiger partial charge in [0.25, 0.3) is 0 Å². The second-order valence-corrected chi connectivity index (χ2v) is 7.77. The summed E-state index contributed by atoms with van der Waals surface area (Å²) in [6, 6.07) is 16.4. The lowest BCUT2D eigenvalue weighted by molar-refractivity contribution is -0.118. The molecule has 1 amide bonds. The van der Waals surface area contributed by atoms with E-state index in [1.54, 1.807) is 6.20 Å². The zero-order valence-electron chi connectivity index (χ0n) is 17.8. The third-order valence-electron chi connectivity index (χ3n) is 5.30. The van der Waals surface area contributed by atoms with Crippen LogP contribution in [-0.2, 0) is 17.6 Å². The number of carbonyl (C=O) groups excluding carboxylic acids is 1. The third kappa shape index (κ3) is 7.11. The molecule has 0 unspecified atom stereocenters. The Morgan fingerprint density at radius 2 is 1.43 bits per heavy atom. The Morgan fingerprint density at radius 1 is 0.800 bits per heavy atom. The molecule has 0 N–H and O–H groups in total. The molecule has 0 bridgehead atoms. The summed E-state index contributed by atoms with van der Waals surface area (Å²) in [5.74, 6) is 0.204. The van der Waals surface area contributed by atoms with Crippen LogP contribution in [0.1, 0.15) is 48.8 Å². The Morgan fingerprint density at radius 3 is 2.03 bits per heavy atom. The van der Waals surface area contributed by atoms with E-state index < -0.39 is 0 Å². The average Bonchev–Trinajstić information content (AvgIpc) is 2.78. The highest BCUT2D eigenvalue weighted by atomic mass is 16.2. The van der Waals surface area contributed by atoms with Gasteiger partial charge in [-0.2, -0.15) is 0 Å². The van der Waals surface area contributed by atoms with Gasteiger partial charge in [-0.05, 0) is 74.4 Å².